The Kier molecular flexibility index (Phi) is 6.22. The minimum Gasteiger partial charge on any atom is -0.309 e. The number of rotatable bonds is 3. The molecule has 0 amide bonds. The Morgan fingerprint density at radius 2 is 0.981 bits per heavy atom. The topological polar surface area (TPSA) is 3.24 Å². The van der Waals surface area contributed by atoms with E-state index in [9.17, 15) is 0 Å². The summed E-state index contributed by atoms with van der Waals surface area (Å²) in [6, 6.07) is 65.8. The Labute approximate surface area is 309 Å². The summed E-state index contributed by atoms with van der Waals surface area (Å²) >= 11 is 1.94. The van der Waals surface area contributed by atoms with Crippen LogP contribution >= 0.6 is 11.8 Å². The number of nitrogens with zero attached hydrogens (tertiary/aromatic N) is 1. The van der Waals surface area contributed by atoms with Gasteiger partial charge >= 0.3 is 0 Å². The first-order valence-corrected chi connectivity index (χ1v) is 19.0. The molecule has 1 nitrogen and oxygen atoms in total. The summed E-state index contributed by atoms with van der Waals surface area (Å²) in [6.45, 7) is 4.74. The molecule has 3 aliphatic rings. The second kappa shape index (κ2) is 10.8. The second-order valence-corrected chi connectivity index (χ2v) is 15.9. The minimum atomic E-state index is -0.465. The van der Waals surface area contributed by atoms with Crippen molar-refractivity contribution in [2.45, 2.75) is 34.5 Å². The van der Waals surface area contributed by atoms with Gasteiger partial charge < -0.3 is 4.90 Å². The molecular formula is C50H35NS. The number of hydrogen-bond donors (Lipinski definition) is 0. The third kappa shape index (κ3) is 3.85. The lowest BCUT2D eigenvalue weighted by Crippen LogP contribution is -2.32. The highest BCUT2D eigenvalue weighted by atomic mass is 32.2. The van der Waals surface area contributed by atoms with Crippen LogP contribution in [0.3, 0.4) is 0 Å². The van der Waals surface area contributed by atoms with Crippen LogP contribution in [0.2, 0.25) is 0 Å². The molecule has 246 valence electrons. The van der Waals surface area contributed by atoms with Gasteiger partial charge in [-0.3, -0.25) is 0 Å². The van der Waals surface area contributed by atoms with E-state index in [1.807, 2.05) is 11.8 Å². The molecule has 1 spiro atoms. The van der Waals surface area contributed by atoms with Crippen molar-refractivity contribution in [1.29, 1.82) is 0 Å². The monoisotopic (exact) mass is 681 g/mol. The van der Waals surface area contributed by atoms with E-state index in [2.05, 4.69) is 195 Å². The third-order valence-electron chi connectivity index (χ3n) is 11.9. The normalized spacial score (nSPS) is 15.0. The summed E-state index contributed by atoms with van der Waals surface area (Å²) in [5.74, 6) is 0. The molecule has 0 aromatic heterocycles. The van der Waals surface area contributed by atoms with Crippen molar-refractivity contribution in [2.24, 2.45) is 0 Å². The molecule has 0 unspecified atom stereocenters. The van der Waals surface area contributed by atoms with Gasteiger partial charge in [0.25, 0.3) is 0 Å². The highest BCUT2D eigenvalue weighted by Crippen LogP contribution is 2.65. The zero-order valence-corrected chi connectivity index (χ0v) is 29.9. The molecule has 2 heteroatoms. The van der Waals surface area contributed by atoms with E-state index in [1.165, 1.54) is 87.6 Å². The lowest BCUT2D eigenvalue weighted by Gasteiger charge is -2.42. The minimum absolute atomic E-state index is 0.103. The van der Waals surface area contributed by atoms with Crippen molar-refractivity contribution < 1.29 is 0 Å². The fraction of sp³-hybridized carbons (Fsp3) is 0.0800. The van der Waals surface area contributed by atoms with E-state index < -0.39 is 5.41 Å². The molecule has 0 fully saturated rings. The van der Waals surface area contributed by atoms with Crippen LogP contribution in [0.25, 0.3) is 33.0 Å². The van der Waals surface area contributed by atoms with Crippen molar-refractivity contribution >= 4 is 39.6 Å². The maximum Gasteiger partial charge on any atom is 0.0736 e. The first kappa shape index (κ1) is 29.9. The van der Waals surface area contributed by atoms with Crippen molar-refractivity contribution in [3.8, 4) is 22.3 Å². The molecule has 11 rings (SSSR count). The standard InChI is InChI=1S/C50H35NS/c1-49(2)40-22-11-8-19-36(40)39-29-28-34(31-45(39)49)51(33-16-4-3-5-17-33)46-26-14-25-43-48(46)52-47-35-18-7-6-15-32(35)27-30-44(47)50(43)41-23-12-9-20-37(41)38-21-10-13-24-42(38)50/h3-31H,1-2H3. The van der Waals surface area contributed by atoms with E-state index in [0.29, 0.717) is 0 Å². The molecule has 0 saturated heterocycles. The molecule has 0 radical (unpaired) electrons. The van der Waals surface area contributed by atoms with Crippen LogP contribution in [0, 0.1) is 0 Å². The Morgan fingerprint density at radius 3 is 1.73 bits per heavy atom. The predicted octanol–water partition coefficient (Wildman–Crippen LogP) is 13.4. The SMILES string of the molecule is CC1(C)c2ccccc2-c2ccc(N(c3ccccc3)c3cccc4c3Sc3c(ccc5ccccc35)C43c4ccccc4-c4ccccc43)cc21. The van der Waals surface area contributed by atoms with E-state index in [-0.39, 0.29) is 5.41 Å². The lowest BCUT2D eigenvalue weighted by atomic mass is 9.67. The quantitative estimate of drug-likeness (QED) is 0.183. The number of hydrogen-bond acceptors (Lipinski definition) is 2. The number of benzene rings is 8. The van der Waals surface area contributed by atoms with Gasteiger partial charge in [0.15, 0.2) is 0 Å². The predicted molar refractivity (Wildman–Crippen MR) is 218 cm³/mol. The molecule has 1 heterocycles. The van der Waals surface area contributed by atoms with Gasteiger partial charge in [0.05, 0.1) is 11.1 Å². The molecule has 0 saturated carbocycles. The number of anilines is 3. The van der Waals surface area contributed by atoms with Crippen LogP contribution in [0.15, 0.2) is 186 Å². The van der Waals surface area contributed by atoms with Crippen LogP contribution in [0.1, 0.15) is 47.2 Å². The highest BCUT2D eigenvalue weighted by molar-refractivity contribution is 8.00. The van der Waals surface area contributed by atoms with E-state index in [0.717, 1.165) is 5.69 Å². The average Bonchev–Trinajstić information content (AvgIpc) is 3.61. The van der Waals surface area contributed by atoms with Crippen molar-refractivity contribution in [2.75, 3.05) is 4.90 Å². The molecule has 2 aliphatic carbocycles. The van der Waals surface area contributed by atoms with Gasteiger partial charge in [-0.25, -0.2) is 0 Å². The molecule has 0 atom stereocenters. The van der Waals surface area contributed by atoms with E-state index in [4.69, 9.17) is 0 Å². The molecule has 8 aromatic carbocycles. The van der Waals surface area contributed by atoms with Gasteiger partial charge in [-0.05, 0) is 96.7 Å². The van der Waals surface area contributed by atoms with Crippen molar-refractivity contribution in [3.63, 3.8) is 0 Å². The molecule has 1 aliphatic heterocycles. The second-order valence-electron chi connectivity index (χ2n) is 14.8. The van der Waals surface area contributed by atoms with Gasteiger partial charge in [-0.1, -0.05) is 171 Å². The lowest BCUT2D eigenvalue weighted by molar-refractivity contribution is 0.660. The molecule has 8 aromatic rings. The van der Waals surface area contributed by atoms with Crippen LogP contribution in [-0.4, -0.2) is 0 Å². The third-order valence-corrected chi connectivity index (χ3v) is 13.2. The molecule has 52 heavy (non-hydrogen) atoms. The number of fused-ring (bicyclic) bond motifs is 14. The van der Waals surface area contributed by atoms with Crippen molar-refractivity contribution in [3.05, 3.63) is 209 Å². The van der Waals surface area contributed by atoms with Crippen LogP contribution < -0.4 is 4.90 Å². The Hall–Kier alpha value is -5.83. The summed E-state index contributed by atoms with van der Waals surface area (Å²) in [4.78, 5) is 5.13. The van der Waals surface area contributed by atoms with Gasteiger partial charge in [0.1, 0.15) is 0 Å². The zero-order chi connectivity index (χ0) is 34.6. The van der Waals surface area contributed by atoms with Crippen molar-refractivity contribution in [1.82, 2.24) is 0 Å². The van der Waals surface area contributed by atoms with E-state index in [1.54, 1.807) is 0 Å². The maximum absolute atomic E-state index is 2.50. The number of para-hydroxylation sites is 1. The summed E-state index contributed by atoms with van der Waals surface area (Å²) in [7, 11) is 0. The highest BCUT2D eigenvalue weighted by Gasteiger charge is 2.51. The first-order valence-electron chi connectivity index (χ1n) is 18.2. The summed E-state index contributed by atoms with van der Waals surface area (Å²) in [6.07, 6.45) is 0. The fourth-order valence-electron chi connectivity index (χ4n) is 9.65. The van der Waals surface area contributed by atoms with Gasteiger partial charge in [-0.15, -0.1) is 0 Å². The van der Waals surface area contributed by atoms with Crippen LogP contribution in [0.5, 0.6) is 0 Å². The largest absolute Gasteiger partial charge is 0.309 e. The summed E-state index contributed by atoms with van der Waals surface area (Å²) < 4.78 is 0. The maximum atomic E-state index is 2.50. The fourth-order valence-corrected chi connectivity index (χ4v) is 11.1. The average molecular weight is 682 g/mol. The molecule has 0 N–H and O–H groups in total. The van der Waals surface area contributed by atoms with Gasteiger partial charge in [0.2, 0.25) is 0 Å². The smallest absolute Gasteiger partial charge is 0.0736 e. The van der Waals surface area contributed by atoms with Crippen LogP contribution in [0.4, 0.5) is 17.1 Å². The Balaban J connectivity index is 1.23. The zero-order valence-electron chi connectivity index (χ0n) is 29.1. The Morgan fingerprint density at radius 1 is 0.404 bits per heavy atom. The van der Waals surface area contributed by atoms with Crippen LogP contribution in [-0.2, 0) is 10.8 Å². The van der Waals surface area contributed by atoms with Gasteiger partial charge in [-0.2, -0.15) is 0 Å². The summed E-state index contributed by atoms with van der Waals surface area (Å²) in [5, 5.41) is 2.57. The van der Waals surface area contributed by atoms with E-state index >= 15 is 0 Å². The molecule has 0 bridgehead atoms. The molecular weight excluding hydrogens is 647 g/mol. The first-order chi connectivity index (χ1) is 25.6. The Bertz CT molecular complexity index is 2710. The van der Waals surface area contributed by atoms with Gasteiger partial charge in [0, 0.05) is 26.6 Å². The summed E-state index contributed by atoms with van der Waals surface area (Å²) in [5.41, 5.74) is 16.4.